The minimum absolute atomic E-state index is 0.399. The van der Waals surface area contributed by atoms with E-state index >= 15 is 0 Å². The molecule has 3 rings (SSSR count). The van der Waals surface area contributed by atoms with Crippen LogP contribution in [0.2, 0.25) is 0 Å². The summed E-state index contributed by atoms with van der Waals surface area (Å²) < 4.78 is 9.70. The van der Waals surface area contributed by atoms with E-state index in [4.69, 9.17) is 9.47 Å². The zero-order valence-corrected chi connectivity index (χ0v) is 7.27. The van der Waals surface area contributed by atoms with Crippen molar-refractivity contribution in [1.82, 2.24) is 0 Å². The maximum absolute atomic E-state index is 10.8. The maximum atomic E-state index is 10.8. The topological polar surface area (TPSA) is 59.1 Å². The van der Waals surface area contributed by atoms with E-state index in [0.717, 1.165) is 5.56 Å². The van der Waals surface area contributed by atoms with Gasteiger partial charge in [-0.1, -0.05) is 30.3 Å². The highest BCUT2D eigenvalue weighted by molar-refractivity contribution is 5.89. The molecule has 0 aliphatic carbocycles. The van der Waals surface area contributed by atoms with E-state index in [9.17, 15) is 9.90 Å². The number of carbonyl (C=O) groups is 1. The fourth-order valence-corrected chi connectivity index (χ4v) is 1.73. The molecule has 4 heteroatoms. The van der Waals surface area contributed by atoms with Crippen molar-refractivity contribution in [2.45, 2.75) is 18.0 Å². The summed E-state index contributed by atoms with van der Waals surface area (Å²) in [6, 6.07) is 9.45. The van der Waals surface area contributed by atoms with Crippen molar-refractivity contribution in [2.75, 3.05) is 0 Å². The van der Waals surface area contributed by atoms with Crippen LogP contribution in [0.4, 0.5) is 0 Å². The van der Waals surface area contributed by atoms with Crippen molar-refractivity contribution in [3.63, 3.8) is 0 Å². The van der Waals surface area contributed by atoms with Gasteiger partial charge in [-0.2, -0.15) is 0 Å². The molecule has 1 aromatic rings. The summed E-state index contributed by atoms with van der Waals surface area (Å²) in [4.78, 5) is 10.8. The van der Waals surface area contributed by atoms with Crippen molar-refractivity contribution in [3.05, 3.63) is 35.9 Å². The molecule has 0 saturated carbocycles. The highest BCUT2D eigenvalue weighted by Gasteiger charge is 2.88. The highest BCUT2D eigenvalue weighted by Crippen LogP contribution is 2.58. The highest BCUT2D eigenvalue weighted by atomic mass is 16.9. The van der Waals surface area contributed by atoms with E-state index in [0.29, 0.717) is 6.42 Å². The first-order valence-electron chi connectivity index (χ1n) is 4.36. The number of hydrogen-bond acceptors (Lipinski definition) is 4. The van der Waals surface area contributed by atoms with E-state index in [1.807, 2.05) is 30.3 Å². The van der Waals surface area contributed by atoms with Crippen LogP contribution < -0.4 is 0 Å². The Bertz CT molecular complexity index is 402. The Balaban J connectivity index is 1.80. The summed E-state index contributed by atoms with van der Waals surface area (Å²) in [7, 11) is 0. The molecule has 2 heterocycles. The summed E-state index contributed by atoms with van der Waals surface area (Å²) in [6.07, 6.45) is 0.399. The van der Waals surface area contributed by atoms with Crippen LogP contribution in [0.3, 0.4) is 0 Å². The number of fused-ring (bicyclic) bond motifs is 1. The van der Waals surface area contributed by atoms with Crippen LogP contribution in [0.5, 0.6) is 0 Å². The summed E-state index contributed by atoms with van der Waals surface area (Å²) in [5.41, 5.74) is 0.968. The molecule has 2 aliphatic rings. The predicted molar refractivity (Wildman–Crippen MR) is 45.0 cm³/mol. The SMILES string of the molecule is O=C1O[C@]2(Cc3ccccc3)O[C@]12O. The fraction of sp³-hybridized carbons (Fsp3) is 0.300. The molecule has 2 atom stereocenters. The van der Waals surface area contributed by atoms with Crippen LogP contribution in [-0.4, -0.2) is 22.7 Å². The first kappa shape index (κ1) is 7.96. The molecule has 0 spiro atoms. The maximum Gasteiger partial charge on any atom is 0.376 e. The van der Waals surface area contributed by atoms with Crippen molar-refractivity contribution in [3.8, 4) is 0 Å². The van der Waals surface area contributed by atoms with Gasteiger partial charge in [-0.15, -0.1) is 0 Å². The van der Waals surface area contributed by atoms with Gasteiger partial charge >= 0.3 is 11.8 Å². The van der Waals surface area contributed by atoms with Crippen LogP contribution >= 0.6 is 0 Å². The van der Waals surface area contributed by atoms with E-state index in [1.54, 1.807) is 0 Å². The van der Waals surface area contributed by atoms with Crippen molar-refractivity contribution < 1.29 is 19.4 Å². The molecule has 1 N–H and O–H groups in total. The Morgan fingerprint density at radius 2 is 2.00 bits per heavy atom. The lowest BCUT2D eigenvalue weighted by atomic mass is 10.0. The van der Waals surface area contributed by atoms with Crippen LogP contribution in [0, 0.1) is 0 Å². The first-order chi connectivity index (χ1) is 6.66. The molecule has 0 radical (unpaired) electrons. The number of hydrogen-bond donors (Lipinski definition) is 1. The number of aliphatic hydroxyl groups is 1. The molecule has 72 valence electrons. The molecule has 4 nitrogen and oxygen atoms in total. The van der Waals surface area contributed by atoms with E-state index in [2.05, 4.69) is 0 Å². The number of benzene rings is 1. The monoisotopic (exact) mass is 192 g/mol. The summed E-state index contributed by atoms with van der Waals surface area (Å²) in [5, 5.41) is 9.47. The average Bonchev–Trinajstić information content (AvgIpc) is 2.65. The zero-order valence-electron chi connectivity index (χ0n) is 7.27. The third-order valence-electron chi connectivity index (χ3n) is 2.60. The van der Waals surface area contributed by atoms with Crippen LogP contribution in [-0.2, 0) is 20.7 Å². The molecule has 0 amide bonds. The van der Waals surface area contributed by atoms with Gasteiger partial charge in [0.15, 0.2) is 0 Å². The van der Waals surface area contributed by atoms with Gasteiger partial charge in [0.1, 0.15) is 0 Å². The van der Waals surface area contributed by atoms with Gasteiger partial charge in [-0.05, 0) is 5.56 Å². The van der Waals surface area contributed by atoms with Gasteiger partial charge in [0.2, 0.25) is 0 Å². The minimum atomic E-state index is -1.66. The predicted octanol–water partition coefficient (Wildman–Crippen LogP) is 0.201. The zero-order chi connectivity index (χ0) is 9.81. The number of epoxide rings is 1. The van der Waals surface area contributed by atoms with Crippen molar-refractivity contribution in [1.29, 1.82) is 0 Å². The van der Waals surface area contributed by atoms with Crippen LogP contribution in [0.25, 0.3) is 0 Å². The van der Waals surface area contributed by atoms with Crippen LogP contribution in [0.1, 0.15) is 5.56 Å². The number of esters is 1. The second-order valence-corrected chi connectivity index (χ2v) is 3.55. The molecule has 0 unspecified atom stereocenters. The van der Waals surface area contributed by atoms with Gasteiger partial charge in [0, 0.05) is 6.42 Å². The first-order valence-corrected chi connectivity index (χ1v) is 4.36. The second-order valence-electron chi connectivity index (χ2n) is 3.55. The third-order valence-corrected chi connectivity index (χ3v) is 2.60. The molecule has 0 aromatic heterocycles. The second kappa shape index (κ2) is 2.16. The standard InChI is InChI=1S/C10H8O4/c11-8-10(12)9(13-8,14-10)6-7-4-2-1-3-5-7/h1-5,12H,6H2/t9-,10-/m1/s1. The third kappa shape index (κ3) is 0.773. The lowest BCUT2D eigenvalue weighted by Gasteiger charge is -2.23. The van der Waals surface area contributed by atoms with Crippen molar-refractivity contribution in [2.24, 2.45) is 0 Å². The molecular weight excluding hydrogens is 184 g/mol. The summed E-state index contributed by atoms with van der Waals surface area (Å²) in [6.45, 7) is 0. The molecular formula is C10H8O4. The average molecular weight is 192 g/mol. The summed E-state index contributed by atoms with van der Waals surface area (Å²) >= 11 is 0. The Morgan fingerprint density at radius 1 is 1.29 bits per heavy atom. The Hall–Kier alpha value is -1.39. The Kier molecular flexibility index (Phi) is 1.23. The van der Waals surface area contributed by atoms with E-state index in [1.165, 1.54) is 0 Å². The molecule has 1 aromatic carbocycles. The van der Waals surface area contributed by atoms with Crippen molar-refractivity contribution >= 4 is 5.97 Å². The van der Waals surface area contributed by atoms with Gasteiger partial charge in [0.25, 0.3) is 5.79 Å². The largest absolute Gasteiger partial charge is 0.422 e. The van der Waals surface area contributed by atoms with Crippen LogP contribution in [0.15, 0.2) is 30.3 Å². The quantitative estimate of drug-likeness (QED) is 0.537. The number of ether oxygens (including phenoxy) is 2. The van der Waals surface area contributed by atoms with E-state index < -0.39 is 17.5 Å². The molecule has 2 fully saturated rings. The van der Waals surface area contributed by atoms with Gasteiger partial charge < -0.3 is 9.84 Å². The number of rotatable bonds is 2. The smallest absolute Gasteiger partial charge is 0.376 e. The summed E-state index contributed by atoms with van der Waals surface area (Å²) in [5.74, 6) is -3.44. The number of carbonyl (C=O) groups excluding carboxylic acids is 1. The molecule has 0 bridgehead atoms. The lowest BCUT2D eigenvalue weighted by molar-refractivity contribution is -0.197. The van der Waals surface area contributed by atoms with Gasteiger partial charge in [-0.25, -0.2) is 4.79 Å². The fourth-order valence-electron chi connectivity index (χ4n) is 1.73. The lowest BCUT2D eigenvalue weighted by Crippen LogP contribution is -2.51. The van der Waals surface area contributed by atoms with Gasteiger partial charge in [0.05, 0.1) is 0 Å². The van der Waals surface area contributed by atoms with E-state index in [-0.39, 0.29) is 0 Å². The minimum Gasteiger partial charge on any atom is -0.422 e. The molecule has 14 heavy (non-hydrogen) atoms. The van der Waals surface area contributed by atoms with Gasteiger partial charge in [-0.3, -0.25) is 4.74 Å². The molecule has 2 aliphatic heterocycles. The Morgan fingerprint density at radius 3 is 2.50 bits per heavy atom. The Labute approximate surface area is 80.1 Å². The normalized spacial score (nSPS) is 38.2. The molecule has 2 saturated heterocycles.